The van der Waals surface area contributed by atoms with Crippen molar-refractivity contribution in [3.63, 3.8) is 0 Å². The zero-order valence-corrected chi connectivity index (χ0v) is 10.2. The molecule has 0 aliphatic heterocycles. The average Bonchev–Trinajstić information content (AvgIpc) is 2.19. The first-order chi connectivity index (χ1) is 6.71. The summed E-state index contributed by atoms with van der Waals surface area (Å²) in [5, 5.41) is 0.194. The zero-order valence-electron chi connectivity index (χ0n) is 8.69. The predicted octanol–water partition coefficient (Wildman–Crippen LogP) is 3.82. The zero-order chi connectivity index (χ0) is 11.0. The maximum absolute atomic E-state index is 5.90. The van der Waals surface area contributed by atoms with E-state index in [0.29, 0.717) is 0 Å². The van der Waals surface area contributed by atoms with Gasteiger partial charge in [0.15, 0.2) is 0 Å². The van der Waals surface area contributed by atoms with Crippen LogP contribution < -0.4 is 5.73 Å². The van der Waals surface area contributed by atoms with Crippen LogP contribution in [0.2, 0.25) is 0 Å². The minimum Gasteiger partial charge on any atom is -0.398 e. The molecular weight excluding hydrogens is 217 g/mol. The van der Waals surface area contributed by atoms with Crippen molar-refractivity contribution in [2.24, 2.45) is 0 Å². The topological polar surface area (TPSA) is 26.0 Å². The normalized spacial score (nSPS) is 9.14. The van der Waals surface area contributed by atoms with E-state index in [1.54, 1.807) is 0 Å². The van der Waals surface area contributed by atoms with Crippen LogP contribution in [0.1, 0.15) is 25.0 Å². The van der Waals surface area contributed by atoms with Crippen molar-refractivity contribution in [2.75, 3.05) is 11.1 Å². The number of alkyl halides is 2. The van der Waals surface area contributed by atoms with Gasteiger partial charge in [-0.05, 0) is 24.0 Å². The molecule has 80 valence electrons. The van der Waals surface area contributed by atoms with E-state index in [1.807, 2.05) is 0 Å². The molecule has 0 bridgehead atoms. The summed E-state index contributed by atoms with van der Waals surface area (Å²) in [6.45, 7) is 4.26. The number of benzene rings is 1. The highest BCUT2D eigenvalue weighted by atomic mass is 35.5. The monoisotopic (exact) mass is 233 g/mol. The number of anilines is 1. The number of aryl methyl sites for hydroxylation is 2. The van der Waals surface area contributed by atoms with Gasteiger partial charge in [0.25, 0.3) is 0 Å². The first-order valence-electron chi connectivity index (χ1n) is 4.69. The van der Waals surface area contributed by atoms with Gasteiger partial charge in [-0.25, -0.2) is 0 Å². The summed E-state index contributed by atoms with van der Waals surface area (Å²) >= 11 is 9.53. The summed E-state index contributed by atoms with van der Waals surface area (Å²) in [6.07, 6.45) is 2.05. The Labute approximate surface area is 96.2 Å². The number of para-hydroxylation sites is 1. The maximum Gasteiger partial charge on any atom is 0.0967 e. The molecule has 0 amide bonds. The lowest BCUT2D eigenvalue weighted by atomic mass is 10.0. The van der Waals surface area contributed by atoms with Gasteiger partial charge in [-0.3, -0.25) is 0 Å². The molecule has 0 aliphatic carbocycles. The fourth-order valence-corrected chi connectivity index (χ4v) is 1.28. The van der Waals surface area contributed by atoms with Crippen LogP contribution in [-0.2, 0) is 12.8 Å². The quantitative estimate of drug-likeness (QED) is 0.611. The third-order valence-electron chi connectivity index (χ3n) is 2.05. The number of nitrogens with two attached hydrogens (primary N) is 1. The summed E-state index contributed by atoms with van der Waals surface area (Å²) < 4.78 is 0. The number of hydrogen-bond donors (Lipinski definition) is 1. The van der Waals surface area contributed by atoms with Crippen LogP contribution in [0, 0.1) is 0 Å². The lowest BCUT2D eigenvalue weighted by Gasteiger charge is -2.06. The summed E-state index contributed by atoms with van der Waals surface area (Å²) in [5.41, 5.74) is 9.42. The highest BCUT2D eigenvalue weighted by molar-refractivity contribution is 6.40. The Bertz CT molecular complexity index is 239. The van der Waals surface area contributed by atoms with E-state index < -0.39 is 0 Å². The van der Waals surface area contributed by atoms with E-state index in [2.05, 4.69) is 32.0 Å². The van der Waals surface area contributed by atoms with Crippen LogP contribution in [0.15, 0.2) is 18.2 Å². The van der Waals surface area contributed by atoms with Crippen LogP contribution in [-0.4, -0.2) is 5.34 Å². The van der Waals surface area contributed by atoms with Gasteiger partial charge < -0.3 is 5.73 Å². The van der Waals surface area contributed by atoms with Crippen molar-refractivity contribution in [3.05, 3.63) is 29.3 Å². The molecule has 0 aromatic heterocycles. The summed E-state index contributed by atoms with van der Waals surface area (Å²) in [4.78, 5) is 0. The van der Waals surface area contributed by atoms with Crippen molar-refractivity contribution in [3.8, 4) is 0 Å². The van der Waals surface area contributed by atoms with Crippen LogP contribution in [0.5, 0.6) is 0 Å². The standard InChI is InChI=1S/C10H15N.CH2Cl2/c1-3-8-6-5-7-9(4-2)10(8)11;2-1-3/h5-7H,3-4,11H2,1-2H3;1H2. The Morgan fingerprint density at radius 2 is 1.43 bits per heavy atom. The number of rotatable bonds is 2. The van der Waals surface area contributed by atoms with Gasteiger partial charge in [0.2, 0.25) is 0 Å². The lowest BCUT2D eigenvalue weighted by Crippen LogP contribution is -1.97. The molecule has 0 radical (unpaired) electrons. The predicted molar refractivity (Wildman–Crippen MR) is 66.2 cm³/mol. The fraction of sp³-hybridized carbons (Fsp3) is 0.455. The average molecular weight is 234 g/mol. The first kappa shape index (κ1) is 13.6. The Morgan fingerprint density at radius 3 is 1.71 bits per heavy atom. The molecule has 0 spiro atoms. The van der Waals surface area contributed by atoms with E-state index in [9.17, 15) is 0 Å². The van der Waals surface area contributed by atoms with Gasteiger partial charge in [0.1, 0.15) is 0 Å². The molecule has 2 N–H and O–H groups in total. The fourth-order valence-electron chi connectivity index (χ4n) is 1.28. The third-order valence-corrected chi connectivity index (χ3v) is 2.05. The van der Waals surface area contributed by atoms with Gasteiger partial charge in [0, 0.05) is 5.69 Å². The molecule has 0 fully saturated rings. The molecule has 3 heteroatoms. The van der Waals surface area contributed by atoms with Crippen molar-refractivity contribution >= 4 is 28.9 Å². The number of halogens is 2. The lowest BCUT2D eigenvalue weighted by molar-refractivity contribution is 1.09. The molecule has 1 aromatic rings. The highest BCUT2D eigenvalue weighted by Crippen LogP contribution is 2.17. The van der Waals surface area contributed by atoms with Gasteiger partial charge in [-0.2, -0.15) is 0 Å². The van der Waals surface area contributed by atoms with Crippen molar-refractivity contribution in [1.29, 1.82) is 0 Å². The molecule has 0 aliphatic rings. The number of nitrogen functional groups attached to an aromatic ring is 1. The van der Waals surface area contributed by atoms with Gasteiger partial charge >= 0.3 is 0 Å². The van der Waals surface area contributed by atoms with Crippen LogP contribution in [0.3, 0.4) is 0 Å². The smallest absolute Gasteiger partial charge is 0.0967 e. The summed E-state index contributed by atoms with van der Waals surface area (Å²) in [7, 11) is 0. The summed E-state index contributed by atoms with van der Waals surface area (Å²) in [5.74, 6) is 0. The SMILES string of the molecule is CCc1cccc(CC)c1N.ClCCl. The van der Waals surface area contributed by atoms with E-state index in [1.165, 1.54) is 11.1 Å². The molecule has 1 rings (SSSR count). The Balaban J connectivity index is 0.000000500. The molecule has 0 saturated carbocycles. The van der Waals surface area contributed by atoms with Crippen molar-refractivity contribution in [1.82, 2.24) is 0 Å². The molecule has 0 atom stereocenters. The van der Waals surface area contributed by atoms with Gasteiger partial charge in [0.05, 0.1) is 5.34 Å². The molecule has 14 heavy (non-hydrogen) atoms. The van der Waals surface area contributed by atoms with Crippen LogP contribution >= 0.6 is 23.2 Å². The second-order valence-corrected chi connectivity index (χ2v) is 3.61. The largest absolute Gasteiger partial charge is 0.398 e. The summed E-state index contributed by atoms with van der Waals surface area (Å²) in [6, 6.07) is 6.26. The Kier molecular flexibility index (Phi) is 7.73. The van der Waals surface area contributed by atoms with E-state index in [4.69, 9.17) is 28.9 Å². The minimum atomic E-state index is 0.194. The molecule has 1 nitrogen and oxygen atoms in total. The van der Waals surface area contributed by atoms with Crippen molar-refractivity contribution in [2.45, 2.75) is 26.7 Å². The van der Waals surface area contributed by atoms with Gasteiger partial charge in [-0.1, -0.05) is 32.0 Å². The second-order valence-electron chi connectivity index (χ2n) is 2.80. The van der Waals surface area contributed by atoms with Crippen molar-refractivity contribution < 1.29 is 0 Å². The molecule has 0 saturated heterocycles. The molecule has 0 unspecified atom stereocenters. The van der Waals surface area contributed by atoms with E-state index in [-0.39, 0.29) is 5.34 Å². The first-order valence-corrected chi connectivity index (χ1v) is 5.76. The minimum absolute atomic E-state index is 0.194. The molecule has 0 heterocycles. The van der Waals surface area contributed by atoms with Crippen LogP contribution in [0.25, 0.3) is 0 Å². The highest BCUT2D eigenvalue weighted by Gasteiger charge is 1.99. The third kappa shape index (κ3) is 4.21. The van der Waals surface area contributed by atoms with E-state index in [0.717, 1.165) is 18.5 Å². The van der Waals surface area contributed by atoms with Gasteiger partial charge in [-0.15, -0.1) is 23.2 Å². The van der Waals surface area contributed by atoms with Crippen LogP contribution in [0.4, 0.5) is 5.69 Å². The molecular formula is C11H17Cl2N. The van der Waals surface area contributed by atoms with E-state index >= 15 is 0 Å². The number of hydrogen-bond acceptors (Lipinski definition) is 1. The Morgan fingerprint density at radius 1 is 1.07 bits per heavy atom. The Hall–Kier alpha value is -0.400. The maximum atomic E-state index is 5.90. The second kappa shape index (κ2) is 7.95. The molecule has 1 aromatic carbocycles.